The van der Waals surface area contributed by atoms with Crippen molar-refractivity contribution in [2.45, 2.75) is 17.5 Å². The van der Waals surface area contributed by atoms with Crippen molar-refractivity contribution in [2.24, 2.45) is 0 Å². The van der Waals surface area contributed by atoms with Crippen LogP contribution in [0.25, 0.3) is 0 Å². The summed E-state index contributed by atoms with van der Waals surface area (Å²) in [6.45, 7) is 0.533. The molecule has 1 saturated heterocycles. The number of para-hydroxylation sites is 1. The van der Waals surface area contributed by atoms with E-state index in [4.69, 9.17) is 11.6 Å². The molecule has 230 valence electrons. The SMILES string of the molecule is CN(c1ccccc1C(=O)N1CCc2cc(S(=O)(=O)N3CCN(c4cc(C(F)(F)F)cc(Cl)n4)CC3)ccc21)S(C)(=O)=O. The van der Waals surface area contributed by atoms with Gasteiger partial charge in [-0.2, -0.15) is 17.5 Å². The number of benzene rings is 2. The van der Waals surface area contributed by atoms with Crippen molar-refractivity contribution in [1.29, 1.82) is 0 Å². The van der Waals surface area contributed by atoms with Gasteiger partial charge in [-0.15, -0.1) is 0 Å². The number of nitrogens with zero attached hydrogens (tertiary/aromatic N) is 5. The highest BCUT2D eigenvalue weighted by Crippen LogP contribution is 2.35. The van der Waals surface area contributed by atoms with E-state index in [1.807, 2.05) is 0 Å². The van der Waals surface area contributed by atoms with Crippen molar-refractivity contribution in [2.75, 3.05) is 60.1 Å². The average Bonchev–Trinajstić information content (AvgIpc) is 3.38. The molecule has 0 N–H and O–H groups in total. The molecule has 2 aliphatic heterocycles. The largest absolute Gasteiger partial charge is 0.416 e. The van der Waals surface area contributed by atoms with Gasteiger partial charge in [0, 0.05) is 45.5 Å². The van der Waals surface area contributed by atoms with Crippen LogP contribution in [0.3, 0.4) is 0 Å². The van der Waals surface area contributed by atoms with Crippen molar-refractivity contribution in [1.82, 2.24) is 9.29 Å². The van der Waals surface area contributed by atoms with Crippen LogP contribution in [0.5, 0.6) is 0 Å². The highest BCUT2D eigenvalue weighted by molar-refractivity contribution is 7.92. The summed E-state index contributed by atoms with van der Waals surface area (Å²) in [6.07, 6.45) is -3.17. The number of carbonyl (C=O) groups excluding carboxylic acids is 1. The molecule has 3 aromatic rings. The Kier molecular flexibility index (Phi) is 8.13. The highest BCUT2D eigenvalue weighted by atomic mass is 35.5. The predicted molar refractivity (Wildman–Crippen MR) is 157 cm³/mol. The third kappa shape index (κ3) is 6.16. The Morgan fingerprint density at radius 2 is 1.63 bits per heavy atom. The fourth-order valence-electron chi connectivity index (χ4n) is 5.12. The van der Waals surface area contributed by atoms with Gasteiger partial charge in [-0.25, -0.2) is 21.8 Å². The zero-order chi connectivity index (χ0) is 31.3. The van der Waals surface area contributed by atoms with Gasteiger partial charge in [0.1, 0.15) is 11.0 Å². The molecular formula is C27H27ClF3N5O5S2. The Labute approximate surface area is 252 Å². The van der Waals surface area contributed by atoms with Crippen LogP contribution in [-0.4, -0.2) is 78.1 Å². The molecule has 43 heavy (non-hydrogen) atoms. The molecule has 0 spiro atoms. The summed E-state index contributed by atoms with van der Waals surface area (Å²) >= 11 is 5.81. The fraction of sp³-hybridized carbons (Fsp3) is 0.333. The molecule has 0 atom stereocenters. The van der Waals surface area contributed by atoms with Crippen molar-refractivity contribution >= 4 is 54.7 Å². The fourth-order valence-corrected chi connectivity index (χ4v) is 7.31. The number of sulfonamides is 2. The number of amides is 1. The van der Waals surface area contributed by atoms with E-state index < -0.39 is 37.7 Å². The van der Waals surface area contributed by atoms with Crippen LogP contribution in [0, 0.1) is 0 Å². The third-order valence-electron chi connectivity index (χ3n) is 7.47. The van der Waals surface area contributed by atoms with E-state index in [1.165, 1.54) is 28.4 Å². The van der Waals surface area contributed by atoms with E-state index in [0.717, 1.165) is 22.7 Å². The minimum Gasteiger partial charge on any atom is -0.354 e. The smallest absolute Gasteiger partial charge is 0.354 e. The lowest BCUT2D eigenvalue weighted by atomic mass is 10.1. The van der Waals surface area contributed by atoms with Crippen LogP contribution in [0.4, 0.5) is 30.4 Å². The Balaban J connectivity index is 1.33. The second-order valence-electron chi connectivity index (χ2n) is 10.2. The first-order valence-electron chi connectivity index (χ1n) is 13.0. The standard InChI is InChI=1S/C27H27ClF3N5O5S2/c1-33(42(2,38)39)23-6-4-3-5-21(23)26(37)36-10-9-18-15-20(7-8-22(18)36)43(40,41)35-13-11-34(12-14-35)25-17-19(27(29,30)31)16-24(28)32-25/h3-8,15-17H,9-14H2,1-2H3. The van der Waals surface area contributed by atoms with E-state index in [-0.39, 0.29) is 59.8 Å². The van der Waals surface area contributed by atoms with Crippen molar-refractivity contribution in [3.8, 4) is 0 Å². The van der Waals surface area contributed by atoms with Gasteiger partial charge in [0.25, 0.3) is 5.91 Å². The first kappa shape index (κ1) is 31.0. The van der Waals surface area contributed by atoms with Gasteiger partial charge >= 0.3 is 6.18 Å². The molecule has 5 rings (SSSR count). The lowest BCUT2D eigenvalue weighted by Gasteiger charge is -2.35. The number of hydrogen-bond donors (Lipinski definition) is 0. The maximum atomic E-state index is 13.5. The van der Waals surface area contributed by atoms with Crippen LogP contribution < -0.4 is 14.1 Å². The summed E-state index contributed by atoms with van der Waals surface area (Å²) in [5.41, 5.74) is 0.649. The lowest BCUT2D eigenvalue weighted by Crippen LogP contribution is -2.49. The summed E-state index contributed by atoms with van der Waals surface area (Å²) in [7, 11) is -6.21. The van der Waals surface area contributed by atoms with Crippen LogP contribution in [0.2, 0.25) is 5.15 Å². The minimum atomic E-state index is -4.60. The molecule has 16 heteroatoms. The number of rotatable bonds is 6. The van der Waals surface area contributed by atoms with E-state index in [1.54, 1.807) is 35.2 Å². The Bertz CT molecular complexity index is 1800. The first-order chi connectivity index (χ1) is 20.1. The van der Waals surface area contributed by atoms with Gasteiger partial charge in [0.15, 0.2) is 0 Å². The zero-order valence-corrected chi connectivity index (χ0v) is 25.4. The number of hydrogen-bond acceptors (Lipinski definition) is 7. The van der Waals surface area contributed by atoms with Gasteiger partial charge in [0.2, 0.25) is 20.0 Å². The molecular weight excluding hydrogens is 631 g/mol. The maximum Gasteiger partial charge on any atom is 0.416 e. The van der Waals surface area contributed by atoms with E-state index in [0.29, 0.717) is 17.7 Å². The normalized spacial score (nSPS) is 16.3. The molecule has 0 unspecified atom stereocenters. The van der Waals surface area contributed by atoms with Gasteiger partial charge < -0.3 is 9.80 Å². The Morgan fingerprint density at radius 3 is 2.28 bits per heavy atom. The summed E-state index contributed by atoms with van der Waals surface area (Å²) in [6, 6.07) is 12.5. The number of aromatic nitrogens is 1. The topological polar surface area (TPSA) is 111 Å². The zero-order valence-electron chi connectivity index (χ0n) is 23.0. The molecule has 2 aliphatic rings. The number of fused-ring (bicyclic) bond motifs is 1. The van der Waals surface area contributed by atoms with E-state index >= 15 is 0 Å². The minimum absolute atomic E-state index is 0.0171. The number of alkyl halides is 3. The predicted octanol–water partition coefficient (Wildman–Crippen LogP) is 3.86. The summed E-state index contributed by atoms with van der Waals surface area (Å²) in [4.78, 5) is 20.6. The van der Waals surface area contributed by atoms with Crippen LogP contribution in [0.1, 0.15) is 21.5 Å². The van der Waals surface area contributed by atoms with Crippen molar-refractivity contribution in [3.05, 3.63) is 76.4 Å². The van der Waals surface area contributed by atoms with Crippen LogP contribution in [-0.2, 0) is 32.6 Å². The van der Waals surface area contributed by atoms with Gasteiger partial charge in [-0.1, -0.05) is 23.7 Å². The van der Waals surface area contributed by atoms with Crippen LogP contribution in [0.15, 0.2) is 59.5 Å². The Hall–Kier alpha value is -3.40. The average molecular weight is 658 g/mol. The molecule has 1 fully saturated rings. The molecule has 2 aromatic carbocycles. The summed E-state index contributed by atoms with van der Waals surface area (Å²) in [5.74, 6) is -0.400. The van der Waals surface area contributed by atoms with Crippen LogP contribution >= 0.6 is 11.6 Å². The van der Waals surface area contributed by atoms with Crippen molar-refractivity contribution < 1.29 is 34.8 Å². The number of carbonyl (C=O) groups is 1. The molecule has 1 aromatic heterocycles. The number of piperazine rings is 1. The van der Waals surface area contributed by atoms with E-state index in [9.17, 15) is 34.8 Å². The second-order valence-corrected chi connectivity index (χ2v) is 14.5. The quantitative estimate of drug-likeness (QED) is 0.370. The summed E-state index contributed by atoms with van der Waals surface area (Å²) in [5, 5.41) is -0.309. The maximum absolute atomic E-state index is 13.5. The monoisotopic (exact) mass is 657 g/mol. The third-order valence-corrected chi connectivity index (χ3v) is 10.8. The Morgan fingerprint density at radius 1 is 0.953 bits per heavy atom. The molecule has 3 heterocycles. The number of pyridine rings is 1. The van der Waals surface area contributed by atoms with E-state index in [2.05, 4.69) is 4.98 Å². The molecule has 0 saturated carbocycles. The molecule has 10 nitrogen and oxygen atoms in total. The number of halogens is 4. The van der Waals surface area contributed by atoms with Crippen molar-refractivity contribution in [3.63, 3.8) is 0 Å². The highest BCUT2D eigenvalue weighted by Gasteiger charge is 2.35. The first-order valence-corrected chi connectivity index (χ1v) is 16.7. The summed E-state index contributed by atoms with van der Waals surface area (Å²) < 4.78 is 93.2. The number of anilines is 3. The second kappa shape index (κ2) is 11.3. The molecule has 0 bridgehead atoms. The molecule has 1 amide bonds. The molecule has 0 radical (unpaired) electrons. The van der Waals surface area contributed by atoms with Gasteiger partial charge in [-0.3, -0.25) is 9.10 Å². The lowest BCUT2D eigenvalue weighted by molar-refractivity contribution is -0.137. The van der Waals surface area contributed by atoms with Gasteiger partial charge in [-0.05, 0) is 54.4 Å². The molecule has 0 aliphatic carbocycles. The van der Waals surface area contributed by atoms with Gasteiger partial charge in [0.05, 0.1) is 28.0 Å².